The molecule has 0 amide bonds. The SMILES string of the molecule is Cc1ccc2c(C)c3c(c(C)c2c1)-c1c2c(cc4cc(C5CCCC5)ccc4c2cc[n+]1C)O3. The zero-order valence-corrected chi connectivity index (χ0v) is 20.5. The van der Waals surface area contributed by atoms with Gasteiger partial charge in [-0.05, 0) is 78.3 Å². The summed E-state index contributed by atoms with van der Waals surface area (Å²) in [7, 11) is 2.16. The predicted octanol–water partition coefficient (Wildman–Crippen LogP) is 8.33. The molecule has 2 heteroatoms. The zero-order valence-electron chi connectivity index (χ0n) is 20.5. The van der Waals surface area contributed by atoms with Crippen LogP contribution in [0, 0.1) is 20.8 Å². The Bertz CT molecular complexity index is 1670. The number of hydrogen-bond donors (Lipinski definition) is 0. The molecule has 4 aromatic carbocycles. The second kappa shape index (κ2) is 7.06. The molecule has 0 unspecified atom stereocenters. The largest absolute Gasteiger partial charge is 0.455 e. The van der Waals surface area contributed by atoms with E-state index < -0.39 is 0 Å². The molecule has 2 nitrogen and oxygen atoms in total. The van der Waals surface area contributed by atoms with Gasteiger partial charge in [0.25, 0.3) is 0 Å². The van der Waals surface area contributed by atoms with E-state index in [2.05, 4.69) is 87.1 Å². The van der Waals surface area contributed by atoms with Crippen molar-refractivity contribution in [3.05, 3.63) is 77.0 Å². The first-order valence-corrected chi connectivity index (χ1v) is 12.6. The first kappa shape index (κ1) is 20.0. The van der Waals surface area contributed by atoms with Gasteiger partial charge in [-0.2, -0.15) is 0 Å². The quantitative estimate of drug-likeness (QED) is 0.183. The molecule has 2 aliphatic rings. The summed E-state index contributed by atoms with van der Waals surface area (Å²) >= 11 is 0. The lowest BCUT2D eigenvalue weighted by Crippen LogP contribution is -2.32. The van der Waals surface area contributed by atoms with Crippen molar-refractivity contribution in [2.24, 2.45) is 7.05 Å². The number of aryl methyl sites for hydroxylation is 4. The molecule has 1 aliphatic heterocycles. The maximum atomic E-state index is 6.81. The molecule has 0 N–H and O–H groups in total. The van der Waals surface area contributed by atoms with Crippen LogP contribution in [0.5, 0.6) is 11.5 Å². The van der Waals surface area contributed by atoms with Crippen molar-refractivity contribution in [1.82, 2.24) is 0 Å². The van der Waals surface area contributed by atoms with Crippen LogP contribution in [0.15, 0.2) is 54.7 Å². The molecular formula is C32H30NO+. The van der Waals surface area contributed by atoms with Gasteiger partial charge in [0.2, 0.25) is 5.69 Å². The highest BCUT2D eigenvalue weighted by Crippen LogP contribution is 2.51. The van der Waals surface area contributed by atoms with Gasteiger partial charge in [0.05, 0.1) is 10.9 Å². The molecule has 0 atom stereocenters. The van der Waals surface area contributed by atoms with E-state index in [1.807, 2.05) is 0 Å². The standard InChI is InChI=1S/C32H30NO/c1-18-9-11-24-20(3)32-29(19(2)27(24)15-18)31-30-26(13-14-33(31)4)25-12-10-22(21-7-5-6-8-21)16-23(25)17-28(30)34-32/h9-17,21H,5-8H2,1-4H3/q+1. The van der Waals surface area contributed by atoms with Gasteiger partial charge in [0.1, 0.15) is 18.5 Å². The minimum absolute atomic E-state index is 0.710. The average molecular weight is 445 g/mol. The molecule has 0 spiro atoms. The number of rotatable bonds is 1. The highest BCUT2D eigenvalue weighted by atomic mass is 16.5. The summed E-state index contributed by atoms with van der Waals surface area (Å²) in [6, 6.07) is 18.5. The summed E-state index contributed by atoms with van der Waals surface area (Å²) in [6.45, 7) is 6.63. The Morgan fingerprint density at radius 2 is 1.59 bits per heavy atom. The third kappa shape index (κ3) is 2.66. The number of fused-ring (bicyclic) bond motifs is 5. The van der Waals surface area contributed by atoms with Crippen molar-refractivity contribution in [2.75, 3.05) is 0 Å². The van der Waals surface area contributed by atoms with Gasteiger partial charge >= 0.3 is 0 Å². The van der Waals surface area contributed by atoms with Crippen LogP contribution in [0.4, 0.5) is 0 Å². The molecule has 5 aromatic rings. The molecular weight excluding hydrogens is 414 g/mol. The molecule has 7 rings (SSSR count). The third-order valence-corrected chi connectivity index (χ3v) is 8.42. The second-order valence-corrected chi connectivity index (χ2v) is 10.5. The van der Waals surface area contributed by atoms with Crippen molar-refractivity contribution in [3.8, 4) is 22.8 Å². The first-order chi connectivity index (χ1) is 16.5. The van der Waals surface area contributed by atoms with E-state index in [-0.39, 0.29) is 0 Å². The van der Waals surface area contributed by atoms with Gasteiger partial charge in [0, 0.05) is 17.0 Å². The highest BCUT2D eigenvalue weighted by molar-refractivity contribution is 6.16. The number of aromatic nitrogens is 1. The van der Waals surface area contributed by atoms with Gasteiger partial charge in [-0.1, -0.05) is 54.8 Å². The number of pyridine rings is 1. The summed E-state index contributed by atoms with van der Waals surface area (Å²) in [5.41, 5.74) is 7.79. The summed E-state index contributed by atoms with van der Waals surface area (Å²) in [6.07, 6.45) is 7.58. The topological polar surface area (TPSA) is 13.1 Å². The molecule has 1 fully saturated rings. The molecule has 1 aromatic heterocycles. The monoisotopic (exact) mass is 444 g/mol. The van der Waals surface area contributed by atoms with Crippen LogP contribution in [-0.4, -0.2) is 0 Å². The lowest BCUT2D eigenvalue weighted by Gasteiger charge is -2.25. The lowest BCUT2D eigenvalue weighted by atomic mass is 9.87. The van der Waals surface area contributed by atoms with E-state index in [0.29, 0.717) is 5.92 Å². The zero-order chi connectivity index (χ0) is 23.1. The molecule has 0 bridgehead atoms. The van der Waals surface area contributed by atoms with Gasteiger partial charge < -0.3 is 4.74 Å². The van der Waals surface area contributed by atoms with E-state index in [0.717, 1.165) is 11.5 Å². The Hall–Kier alpha value is -3.39. The Morgan fingerprint density at radius 3 is 2.41 bits per heavy atom. The minimum Gasteiger partial charge on any atom is -0.455 e. The van der Waals surface area contributed by atoms with E-state index in [1.165, 1.54) is 91.5 Å². The smallest absolute Gasteiger partial charge is 0.228 e. The fraction of sp³-hybridized carbons (Fsp3) is 0.281. The van der Waals surface area contributed by atoms with E-state index in [9.17, 15) is 0 Å². The first-order valence-electron chi connectivity index (χ1n) is 12.6. The maximum Gasteiger partial charge on any atom is 0.228 e. The fourth-order valence-corrected chi connectivity index (χ4v) is 6.61. The Labute approximate surface area is 200 Å². The molecule has 34 heavy (non-hydrogen) atoms. The average Bonchev–Trinajstić information content (AvgIpc) is 3.38. The summed E-state index contributed by atoms with van der Waals surface area (Å²) in [5.74, 6) is 2.71. The van der Waals surface area contributed by atoms with Crippen LogP contribution in [0.1, 0.15) is 53.9 Å². The summed E-state index contributed by atoms with van der Waals surface area (Å²) in [4.78, 5) is 0. The number of hydrogen-bond acceptors (Lipinski definition) is 1. The van der Waals surface area contributed by atoms with Gasteiger partial charge in [-0.3, -0.25) is 0 Å². The van der Waals surface area contributed by atoms with Crippen molar-refractivity contribution in [3.63, 3.8) is 0 Å². The number of nitrogens with zero attached hydrogens (tertiary/aromatic N) is 1. The van der Waals surface area contributed by atoms with Crippen molar-refractivity contribution >= 4 is 32.3 Å². The van der Waals surface area contributed by atoms with Crippen molar-refractivity contribution in [1.29, 1.82) is 0 Å². The summed E-state index contributed by atoms with van der Waals surface area (Å²) in [5, 5.41) is 7.73. The van der Waals surface area contributed by atoms with Gasteiger partial charge in [-0.15, -0.1) is 0 Å². The van der Waals surface area contributed by atoms with Crippen LogP contribution >= 0.6 is 0 Å². The lowest BCUT2D eigenvalue weighted by molar-refractivity contribution is -0.659. The number of benzene rings is 4. The van der Waals surface area contributed by atoms with Gasteiger partial charge in [-0.25, -0.2) is 4.57 Å². The Balaban J connectivity index is 1.58. The molecule has 1 saturated carbocycles. The van der Waals surface area contributed by atoms with Crippen molar-refractivity contribution in [2.45, 2.75) is 52.4 Å². The third-order valence-electron chi connectivity index (χ3n) is 8.42. The number of ether oxygens (including phenoxy) is 1. The second-order valence-electron chi connectivity index (χ2n) is 10.5. The molecule has 1 aliphatic carbocycles. The van der Waals surface area contributed by atoms with E-state index in [4.69, 9.17) is 4.74 Å². The normalized spacial score (nSPS) is 15.3. The summed E-state index contributed by atoms with van der Waals surface area (Å²) < 4.78 is 9.09. The van der Waals surface area contributed by atoms with E-state index in [1.54, 1.807) is 0 Å². The Morgan fingerprint density at radius 1 is 0.794 bits per heavy atom. The molecule has 168 valence electrons. The predicted molar refractivity (Wildman–Crippen MR) is 141 cm³/mol. The van der Waals surface area contributed by atoms with Crippen LogP contribution in [0.2, 0.25) is 0 Å². The van der Waals surface area contributed by atoms with E-state index >= 15 is 0 Å². The van der Waals surface area contributed by atoms with Crippen LogP contribution in [0.25, 0.3) is 43.6 Å². The fourth-order valence-electron chi connectivity index (χ4n) is 6.61. The Kier molecular flexibility index (Phi) is 4.16. The maximum absolute atomic E-state index is 6.81. The molecule has 0 saturated heterocycles. The highest BCUT2D eigenvalue weighted by Gasteiger charge is 2.32. The van der Waals surface area contributed by atoms with Crippen LogP contribution < -0.4 is 9.30 Å². The van der Waals surface area contributed by atoms with Crippen molar-refractivity contribution < 1.29 is 9.30 Å². The minimum atomic E-state index is 0.710. The molecule has 2 heterocycles. The van der Waals surface area contributed by atoms with Crippen LogP contribution in [-0.2, 0) is 7.05 Å². The molecule has 0 radical (unpaired) electrons. The van der Waals surface area contributed by atoms with Crippen LogP contribution in [0.3, 0.4) is 0 Å². The van der Waals surface area contributed by atoms with Gasteiger partial charge in [0.15, 0.2) is 6.20 Å².